The normalized spacial score (nSPS) is 30.6. The third-order valence-electron chi connectivity index (χ3n) is 3.74. The smallest absolute Gasteiger partial charge is 0.330 e. The predicted octanol–water partition coefficient (Wildman–Crippen LogP) is 3.30. The van der Waals surface area contributed by atoms with Crippen molar-refractivity contribution < 1.29 is 22.3 Å². The lowest BCUT2D eigenvalue weighted by molar-refractivity contribution is -0.167. The number of halogens is 4. The second kappa shape index (κ2) is 6.88. The minimum absolute atomic E-state index is 0.0909. The van der Waals surface area contributed by atoms with Gasteiger partial charge in [-0.25, -0.2) is 8.78 Å². The first-order valence-electron chi connectivity index (χ1n) is 6.71. The van der Waals surface area contributed by atoms with Gasteiger partial charge in [0.15, 0.2) is 0 Å². The number of ether oxygens (including phenoxy) is 1. The van der Waals surface area contributed by atoms with Gasteiger partial charge >= 0.3 is 12.3 Å². The zero-order valence-electron chi connectivity index (χ0n) is 11.4. The molecule has 0 bridgehead atoms. The Balaban J connectivity index is 2.33. The van der Waals surface area contributed by atoms with Crippen LogP contribution in [0.4, 0.5) is 17.6 Å². The number of hydrogen-bond acceptors (Lipinski definition) is 2. The lowest BCUT2D eigenvalue weighted by Gasteiger charge is -2.35. The molecule has 1 fully saturated rings. The van der Waals surface area contributed by atoms with Crippen molar-refractivity contribution in [2.24, 2.45) is 23.5 Å². The quantitative estimate of drug-likeness (QED) is 0.760. The van der Waals surface area contributed by atoms with Gasteiger partial charge in [0.1, 0.15) is 6.61 Å². The van der Waals surface area contributed by atoms with E-state index in [2.05, 4.69) is 13.8 Å². The number of hydrogen-bond donors (Lipinski definition) is 1. The summed E-state index contributed by atoms with van der Waals surface area (Å²) in [5.74, 6) is -2.75. The van der Waals surface area contributed by atoms with Crippen LogP contribution in [0.25, 0.3) is 0 Å². The van der Waals surface area contributed by atoms with Crippen LogP contribution in [0.15, 0.2) is 0 Å². The van der Waals surface area contributed by atoms with Crippen LogP contribution < -0.4 is 5.73 Å². The molecule has 0 aromatic heterocycles. The number of rotatable bonds is 6. The third-order valence-corrected chi connectivity index (χ3v) is 3.74. The van der Waals surface area contributed by atoms with Gasteiger partial charge in [-0.2, -0.15) is 8.78 Å². The fourth-order valence-electron chi connectivity index (χ4n) is 2.89. The maximum absolute atomic E-state index is 12.6. The van der Waals surface area contributed by atoms with Crippen LogP contribution in [-0.4, -0.2) is 31.6 Å². The Labute approximate surface area is 111 Å². The van der Waals surface area contributed by atoms with Crippen LogP contribution in [0.5, 0.6) is 0 Å². The largest absolute Gasteiger partial charge is 0.373 e. The number of nitrogens with two attached hydrogens (primary N) is 1. The van der Waals surface area contributed by atoms with Crippen molar-refractivity contribution >= 4 is 0 Å². The second-order valence-electron chi connectivity index (χ2n) is 5.92. The Kier molecular flexibility index (Phi) is 6.05. The highest BCUT2D eigenvalue weighted by Crippen LogP contribution is 2.34. The molecule has 0 aromatic rings. The zero-order valence-corrected chi connectivity index (χ0v) is 11.4. The molecule has 0 heterocycles. The van der Waals surface area contributed by atoms with Crippen LogP contribution in [0, 0.1) is 17.8 Å². The summed E-state index contributed by atoms with van der Waals surface area (Å²) in [4.78, 5) is 0. The molecule has 1 aliphatic rings. The van der Waals surface area contributed by atoms with Gasteiger partial charge in [-0.1, -0.05) is 13.8 Å². The fourth-order valence-corrected chi connectivity index (χ4v) is 2.89. The molecule has 1 rings (SSSR count). The molecule has 3 atom stereocenters. The van der Waals surface area contributed by atoms with Gasteiger partial charge < -0.3 is 10.5 Å². The van der Waals surface area contributed by atoms with Crippen molar-refractivity contribution in [1.29, 1.82) is 0 Å². The monoisotopic (exact) mass is 285 g/mol. The molecular formula is C13H23F4NO. The first kappa shape index (κ1) is 16.7. The van der Waals surface area contributed by atoms with Crippen molar-refractivity contribution in [2.45, 2.75) is 51.5 Å². The average molecular weight is 285 g/mol. The molecule has 2 N–H and O–H groups in total. The summed E-state index contributed by atoms with van der Waals surface area (Å²) >= 11 is 0. The maximum Gasteiger partial charge on any atom is 0.330 e. The summed E-state index contributed by atoms with van der Waals surface area (Å²) in [6, 6.07) is -0.362. The van der Waals surface area contributed by atoms with Crippen molar-refractivity contribution in [1.82, 2.24) is 0 Å². The van der Waals surface area contributed by atoms with E-state index in [1.165, 1.54) is 0 Å². The molecule has 0 aromatic carbocycles. The van der Waals surface area contributed by atoms with E-state index >= 15 is 0 Å². The molecule has 0 spiro atoms. The molecule has 1 saturated carbocycles. The standard InChI is InChI=1S/C13H23F4NO/c1-8-3-9(2)5-10(4-8)11(18)6-19-7-13(16,17)12(14)15/h8-12H,3-7,18H2,1-2H3. The molecular weight excluding hydrogens is 262 g/mol. The van der Waals surface area contributed by atoms with Crippen molar-refractivity contribution in [2.75, 3.05) is 13.2 Å². The van der Waals surface area contributed by atoms with E-state index in [0.717, 1.165) is 19.3 Å². The molecule has 0 radical (unpaired) electrons. The van der Waals surface area contributed by atoms with E-state index in [1.807, 2.05) is 0 Å². The van der Waals surface area contributed by atoms with E-state index < -0.39 is 19.0 Å². The van der Waals surface area contributed by atoms with Gasteiger partial charge in [0.2, 0.25) is 0 Å². The molecule has 0 amide bonds. The second-order valence-corrected chi connectivity index (χ2v) is 5.92. The predicted molar refractivity (Wildman–Crippen MR) is 65.4 cm³/mol. The van der Waals surface area contributed by atoms with Crippen LogP contribution in [0.1, 0.15) is 33.1 Å². The highest BCUT2D eigenvalue weighted by Gasteiger charge is 2.41. The zero-order chi connectivity index (χ0) is 14.6. The highest BCUT2D eigenvalue weighted by atomic mass is 19.3. The Hall–Kier alpha value is -0.360. The lowest BCUT2D eigenvalue weighted by atomic mass is 9.74. The lowest BCUT2D eigenvalue weighted by Crippen LogP contribution is -2.41. The van der Waals surface area contributed by atoms with Gasteiger partial charge in [0, 0.05) is 6.04 Å². The first-order valence-corrected chi connectivity index (χ1v) is 6.71. The molecule has 6 heteroatoms. The summed E-state index contributed by atoms with van der Waals surface area (Å²) in [5.41, 5.74) is 5.92. The summed E-state index contributed by atoms with van der Waals surface area (Å²) < 4.78 is 53.9. The Bertz CT molecular complexity index is 265. The Morgan fingerprint density at radius 3 is 2.16 bits per heavy atom. The van der Waals surface area contributed by atoms with Gasteiger partial charge in [-0.05, 0) is 37.0 Å². The fraction of sp³-hybridized carbons (Fsp3) is 1.00. The van der Waals surface area contributed by atoms with Crippen LogP contribution in [0.2, 0.25) is 0 Å². The minimum Gasteiger partial charge on any atom is -0.373 e. The van der Waals surface area contributed by atoms with Gasteiger partial charge in [0.25, 0.3) is 0 Å². The molecule has 19 heavy (non-hydrogen) atoms. The topological polar surface area (TPSA) is 35.2 Å². The molecule has 3 unspecified atom stereocenters. The van der Waals surface area contributed by atoms with Gasteiger partial charge in [-0.3, -0.25) is 0 Å². The molecule has 2 nitrogen and oxygen atoms in total. The van der Waals surface area contributed by atoms with Gasteiger partial charge in [0.05, 0.1) is 6.61 Å². The van der Waals surface area contributed by atoms with Crippen molar-refractivity contribution in [3.63, 3.8) is 0 Å². The summed E-state index contributed by atoms with van der Waals surface area (Å²) in [6.07, 6.45) is -0.660. The molecule has 0 aliphatic heterocycles. The summed E-state index contributed by atoms with van der Waals surface area (Å²) in [5, 5.41) is 0. The third kappa shape index (κ3) is 5.26. The van der Waals surface area contributed by atoms with E-state index in [0.29, 0.717) is 11.8 Å². The van der Waals surface area contributed by atoms with E-state index in [9.17, 15) is 17.6 Å². The summed E-state index contributed by atoms with van der Waals surface area (Å²) in [6.45, 7) is 2.92. The van der Waals surface area contributed by atoms with Crippen molar-refractivity contribution in [3.8, 4) is 0 Å². The molecule has 114 valence electrons. The molecule has 1 aliphatic carbocycles. The summed E-state index contributed by atoms with van der Waals surface area (Å²) in [7, 11) is 0. The Morgan fingerprint density at radius 2 is 1.68 bits per heavy atom. The average Bonchev–Trinajstić information content (AvgIpc) is 2.27. The van der Waals surface area contributed by atoms with E-state index in [1.54, 1.807) is 0 Å². The van der Waals surface area contributed by atoms with Crippen molar-refractivity contribution in [3.05, 3.63) is 0 Å². The van der Waals surface area contributed by atoms with Crippen LogP contribution >= 0.6 is 0 Å². The maximum atomic E-state index is 12.6. The van der Waals surface area contributed by atoms with Crippen LogP contribution in [-0.2, 0) is 4.74 Å². The highest BCUT2D eigenvalue weighted by molar-refractivity contribution is 4.82. The van der Waals surface area contributed by atoms with E-state index in [-0.39, 0.29) is 18.6 Å². The Morgan fingerprint density at radius 1 is 1.16 bits per heavy atom. The van der Waals surface area contributed by atoms with Crippen LogP contribution in [0.3, 0.4) is 0 Å². The van der Waals surface area contributed by atoms with Gasteiger partial charge in [-0.15, -0.1) is 0 Å². The number of alkyl halides is 4. The SMILES string of the molecule is CC1CC(C)CC(C(N)COCC(F)(F)C(F)F)C1. The first-order chi connectivity index (χ1) is 8.72. The minimum atomic E-state index is -4.09. The molecule has 0 saturated heterocycles. The van der Waals surface area contributed by atoms with E-state index in [4.69, 9.17) is 10.5 Å².